The van der Waals surface area contributed by atoms with Crippen molar-refractivity contribution in [2.24, 2.45) is 0 Å². The summed E-state index contributed by atoms with van der Waals surface area (Å²) in [4.78, 5) is 27.6. The lowest BCUT2D eigenvalue weighted by atomic mass is 10.0. The van der Waals surface area contributed by atoms with Gasteiger partial charge in [-0.2, -0.15) is 0 Å². The molecule has 0 radical (unpaired) electrons. The van der Waals surface area contributed by atoms with Crippen molar-refractivity contribution in [2.45, 2.75) is 12.6 Å². The molecule has 1 atom stereocenters. The number of morpholine rings is 1. The summed E-state index contributed by atoms with van der Waals surface area (Å²) >= 11 is 1.45. The lowest BCUT2D eigenvalue weighted by Crippen LogP contribution is -2.38. The summed E-state index contributed by atoms with van der Waals surface area (Å²) in [6.07, 6.45) is 3.44. The molecule has 158 valence electrons. The van der Waals surface area contributed by atoms with Crippen LogP contribution in [-0.2, 0) is 11.3 Å². The Kier molecular flexibility index (Phi) is 5.40. The molecule has 4 aromatic rings. The maximum absolute atomic E-state index is 12.9. The summed E-state index contributed by atoms with van der Waals surface area (Å²) in [5.74, 6) is -0.00280. The molecule has 7 heteroatoms. The molecule has 1 saturated heterocycles. The summed E-state index contributed by atoms with van der Waals surface area (Å²) in [5, 5.41) is 2.16. The van der Waals surface area contributed by atoms with Gasteiger partial charge in [-0.05, 0) is 17.7 Å². The first-order valence-electron chi connectivity index (χ1n) is 10.4. The van der Waals surface area contributed by atoms with E-state index in [2.05, 4.69) is 39.1 Å². The standard InChI is InChI=1S/C24H24N4O2S/c1-27(2)24(29)22-20(18-9-5-11-26-23(18)31-22)19-15-28(12-13-30-19)14-17-7-3-6-16-8-4-10-25-21(16)17/h3-11,19H,12-15H2,1-2H3/t19-/m1/s1. The third-order valence-corrected chi connectivity index (χ3v) is 6.81. The Morgan fingerprint density at radius 1 is 1.16 bits per heavy atom. The minimum absolute atomic E-state index is 0.00280. The number of thiophene rings is 1. The van der Waals surface area contributed by atoms with Crippen LogP contribution in [0.1, 0.15) is 26.9 Å². The van der Waals surface area contributed by atoms with E-state index in [1.807, 2.05) is 24.4 Å². The van der Waals surface area contributed by atoms with Crippen molar-refractivity contribution in [3.8, 4) is 0 Å². The first-order valence-corrected chi connectivity index (χ1v) is 11.2. The topological polar surface area (TPSA) is 58.6 Å². The Balaban J connectivity index is 1.47. The summed E-state index contributed by atoms with van der Waals surface area (Å²) < 4.78 is 6.21. The van der Waals surface area contributed by atoms with E-state index in [-0.39, 0.29) is 12.0 Å². The molecule has 0 aliphatic carbocycles. The van der Waals surface area contributed by atoms with E-state index in [0.29, 0.717) is 6.61 Å². The molecule has 31 heavy (non-hydrogen) atoms. The quantitative estimate of drug-likeness (QED) is 0.486. The maximum atomic E-state index is 12.9. The van der Waals surface area contributed by atoms with Gasteiger partial charge in [0.2, 0.25) is 0 Å². The van der Waals surface area contributed by atoms with Crippen molar-refractivity contribution < 1.29 is 9.53 Å². The normalized spacial score (nSPS) is 17.3. The second kappa shape index (κ2) is 8.34. The van der Waals surface area contributed by atoms with E-state index >= 15 is 0 Å². The number of fused-ring (bicyclic) bond motifs is 2. The lowest BCUT2D eigenvalue weighted by Gasteiger charge is -2.33. The predicted octanol–water partition coefficient (Wildman–Crippen LogP) is 4.12. The van der Waals surface area contributed by atoms with Crippen LogP contribution in [0.5, 0.6) is 0 Å². The molecule has 6 nitrogen and oxygen atoms in total. The average molecular weight is 433 g/mol. The molecule has 1 aromatic carbocycles. The zero-order valence-electron chi connectivity index (χ0n) is 17.6. The number of hydrogen-bond donors (Lipinski definition) is 0. The molecule has 0 spiro atoms. The van der Waals surface area contributed by atoms with E-state index in [4.69, 9.17) is 4.74 Å². The van der Waals surface area contributed by atoms with Crippen molar-refractivity contribution in [3.63, 3.8) is 0 Å². The number of benzene rings is 1. The average Bonchev–Trinajstić information content (AvgIpc) is 3.18. The van der Waals surface area contributed by atoms with Gasteiger partial charge in [-0.1, -0.05) is 30.3 Å². The highest BCUT2D eigenvalue weighted by Gasteiger charge is 2.30. The third kappa shape index (κ3) is 3.80. The molecule has 1 fully saturated rings. The Labute approximate surface area is 185 Å². The number of rotatable bonds is 4. The van der Waals surface area contributed by atoms with Gasteiger partial charge in [0.25, 0.3) is 5.91 Å². The van der Waals surface area contributed by atoms with Gasteiger partial charge in [-0.15, -0.1) is 11.3 Å². The minimum atomic E-state index is -0.173. The van der Waals surface area contributed by atoms with Gasteiger partial charge in [-0.25, -0.2) is 4.98 Å². The summed E-state index contributed by atoms with van der Waals surface area (Å²) in [6, 6.07) is 14.3. The van der Waals surface area contributed by atoms with Crippen molar-refractivity contribution >= 4 is 38.4 Å². The fourth-order valence-corrected chi connectivity index (χ4v) is 5.41. The molecule has 0 bridgehead atoms. The van der Waals surface area contributed by atoms with Crippen LogP contribution >= 0.6 is 11.3 Å². The molecule has 5 rings (SSSR count). The maximum Gasteiger partial charge on any atom is 0.263 e. The fraction of sp³-hybridized carbons (Fsp3) is 0.292. The van der Waals surface area contributed by atoms with Gasteiger partial charge in [0, 0.05) is 62.5 Å². The van der Waals surface area contributed by atoms with Gasteiger partial charge in [0.05, 0.1) is 18.2 Å². The van der Waals surface area contributed by atoms with Gasteiger partial charge in [0.15, 0.2) is 0 Å². The van der Waals surface area contributed by atoms with Gasteiger partial charge >= 0.3 is 0 Å². The van der Waals surface area contributed by atoms with Gasteiger partial charge < -0.3 is 9.64 Å². The van der Waals surface area contributed by atoms with Crippen LogP contribution in [0.2, 0.25) is 0 Å². The molecule has 1 aliphatic heterocycles. The smallest absolute Gasteiger partial charge is 0.263 e. The lowest BCUT2D eigenvalue weighted by molar-refractivity contribution is -0.0322. The third-order valence-electron chi connectivity index (χ3n) is 5.69. The Morgan fingerprint density at radius 2 is 1.97 bits per heavy atom. The van der Waals surface area contributed by atoms with Crippen molar-refractivity contribution in [3.05, 3.63) is 70.9 Å². The van der Waals surface area contributed by atoms with E-state index in [1.165, 1.54) is 16.9 Å². The molecule has 3 aromatic heterocycles. The highest BCUT2D eigenvalue weighted by molar-refractivity contribution is 7.20. The van der Waals surface area contributed by atoms with Crippen LogP contribution in [0.15, 0.2) is 54.9 Å². The number of aromatic nitrogens is 2. The zero-order chi connectivity index (χ0) is 21.4. The summed E-state index contributed by atoms with van der Waals surface area (Å²) in [6.45, 7) is 2.98. The number of carbonyl (C=O) groups excluding carboxylic acids is 1. The zero-order valence-corrected chi connectivity index (χ0v) is 18.4. The number of ether oxygens (including phenoxy) is 1. The number of hydrogen-bond acceptors (Lipinski definition) is 6. The molecular formula is C24H24N4O2S. The largest absolute Gasteiger partial charge is 0.371 e. The van der Waals surface area contributed by atoms with Crippen LogP contribution in [0.3, 0.4) is 0 Å². The van der Waals surface area contributed by atoms with Crippen LogP contribution in [0, 0.1) is 0 Å². The number of para-hydroxylation sites is 1. The molecule has 0 N–H and O–H groups in total. The second-order valence-electron chi connectivity index (χ2n) is 7.99. The van der Waals surface area contributed by atoms with Gasteiger partial charge in [-0.3, -0.25) is 14.7 Å². The van der Waals surface area contributed by atoms with Crippen LogP contribution in [-0.4, -0.2) is 59.5 Å². The van der Waals surface area contributed by atoms with Crippen LogP contribution in [0.25, 0.3) is 21.1 Å². The minimum Gasteiger partial charge on any atom is -0.371 e. The molecule has 4 heterocycles. The Hall–Kier alpha value is -2.87. The molecule has 0 saturated carbocycles. The van der Waals surface area contributed by atoms with Crippen molar-refractivity contribution in [1.82, 2.24) is 19.8 Å². The first-order chi connectivity index (χ1) is 15.1. The Bertz CT molecular complexity index is 1250. The fourth-order valence-electron chi connectivity index (χ4n) is 4.19. The van der Waals surface area contributed by atoms with E-state index in [0.717, 1.165) is 51.2 Å². The first kappa shape index (κ1) is 20.1. The Morgan fingerprint density at radius 3 is 2.84 bits per heavy atom. The monoisotopic (exact) mass is 432 g/mol. The number of carbonyl (C=O) groups is 1. The molecule has 1 aliphatic rings. The van der Waals surface area contributed by atoms with Crippen molar-refractivity contribution in [1.29, 1.82) is 0 Å². The summed E-state index contributed by atoms with van der Waals surface area (Å²) in [5.41, 5.74) is 3.22. The SMILES string of the molecule is CN(C)C(=O)c1sc2ncccc2c1[C@H]1CN(Cc2cccc3cccnc23)CCO1. The van der Waals surface area contributed by atoms with E-state index in [9.17, 15) is 4.79 Å². The van der Waals surface area contributed by atoms with Crippen LogP contribution in [0.4, 0.5) is 0 Å². The highest BCUT2D eigenvalue weighted by atomic mass is 32.1. The van der Waals surface area contributed by atoms with Gasteiger partial charge in [0.1, 0.15) is 9.71 Å². The molecule has 0 unspecified atom stereocenters. The summed E-state index contributed by atoms with van der Waals surface area (Å²) in [7, 11) is 3.57. The highest BCUT2D eigenvalue weighted by Crippen LogP contribution is 2.38. The van der Waals surface area contributed by atoms with E-state index in [1.54, 1.807) is 25.2 Å². The molecular weight excluding hydrogens is 408 g/mol. The van der Waals surface area contributed by atoms with Crippen LogP contribution < -0.4 is 0 Å². The van der Waals surface area contributed by atoms with Crippen molar-refractivity contribution in [2.75, 3.05) is 33.8 Å². The number of pyridine rings is 2. The number of amides is 1. The number of nitrogens with zero attached hydrogens (tertiary/aromatic N) is 4. The molecule has 1 amide bonds. The predicted molar refractivity (Wildman–Crippen MR) is 123 cm³/mol. The second-order valence-corrected chi connectivity index (χ2v) is 8.99. The van der Waals surface area contributed by atoms with E-state index < -0.39 is 0 Å².